The van der Waals surface area contributed by atoms with Gasteiger partial charge < -0.3 is 15.3 Å². The molecule has 0 aliphatic carbocycles. The molecule has 0 unspecified atom stereocenters. The molecule has 0 aromatic carbocycles. The molecule has 0 radical (unpaired) electrons. The van der Waals surface area contributed by atoms with E-state index in [0.29, 0.717) is 0 Å². The van der Waals surface area contributed by atoms with Crippen LogP contribution in [0.3, 0.4) is 0 Å². The summed E-state index contributed by atoms with van der Waals surface area (Å²) in [6, 6.07) is 10.7. The zero-order chi connectivity index (χ0) is 20.1. The molecule has 9 heteroatoms. The Morgan fingerprint density at radius 2 is 1.30 bits per heavy atom. The molecule has 0 spiro atoms. The van der Waals surface area contributed by atoms with Gasteiger partial charge in [0, 0.05) is 31.0 Å². The average molecular weight is 369 g/mol. The number of rotatable bonds is 3. The van der Waals surface area contributed by atoms with Crippen molar-refractivity contribution >= 4 is 17.9 Å². The summed E-state index contributed by atoms with van der Waals surface area (Å²) in [6.45, 7) is 0. The lowest BCUT2D eigenvalue weighted by Gasteiger charge is -1.87. The SMILES string of the molecule is O=C(O)c1ccccn1.O=C(O)c1cccnc1.O=C(O)c1ccncc1. The minimum absolute atomic E-state index is 0.0810. The van der Waals surface area contributed by atoms with Crippen molar-refractivity contribution in [3.63, 3.8) is 0 Å². The summed E-state index contributed by atoms with van der Waals surface area (Å²) in [6.07, 6.45) is 7.19. The quantitative estimate of drug-likeness (QED) is 0.631. The molecule has 0 amide bonds. The summed E-state index contributed by atoms with van der Waals surface area (Å²) < 4.78 is 0. The summed E-state index contributed by atoms with van der Waals surface area (Å²) in [5, 5.41) is 25.0. The Morgan fingerprint density at radius 1 is 0.630 bits per heavy atom. The van der Waals surface area contributed by atoms with Crippen molar-refractivity contribution in [2.75, 3.05) is 0 Å². The summed E-state index contributed by atoms with van der Waals surface area (Å²) in [5.74, 6) is -2.85. The van der Waals surface area contributed by atoms with Gasteiger partial charge in [0.25, 0.3) is 0 Å². The van der Waals surface area contributed by atoms with Crippen LogP contribution in [0, 0.1) is 0 Å². The lowest BCUT2D eigenvalue weighted by Crippen LogP contribution is -1.97. The van der Waals surface area contributed by atoms with E-state index in [1.165, 1.54) is 55.2 Å². The van der Waals surface area contributed by atoms with Crippen LogP contribution in [0.4, 0.5) is 0 Å². The van der Waals surface area contributed by atoms with Crippen LogP contribution in [0.25, 0.3) is 0 Å². The third kappa shape index (κ3) is 8.49. The zero-order valence-electron chi connectivity index (χ0n) is 13.8. The van der Waals surface area contributed by atoms with Crippen molar-refractivity contribution in [1.82, 2.24) is 15.0 Å². The summed E-state index contributed by atoms with van der Waals surface area (Å²) in [7, 11) is 0. The monoisotopic (exact) mass is 369 g/mol. The van der Waals surface area contributed by atoms with Gasteiger partial charge in [-0.25, -0.2) is 19.4 Å². The Bertz CT molecular complexity index is 740. The highest BCUT2D eigenvalue weighted by Crippen LogP contribution is 1.94. The van der Waals surface area contributed by atoms with Gasteiger partial charge in [0.15, 0.2) is 0 Å². The standard InChI is InChI=1S/3C6H5NO2/c8-6(9)5-1-3-7-4-2-5;8-6(9)5-2-1-3-7-4-5;8-6(9)5-3-1-2-4-7-5/h3*1-4H,(H,8,9). The van der Waals surface area contributed by atoms with Crippen molar-refractivity contribution in [3.8, 4) is 0 Å². The van der Waals surface area contributed by atoms with Crippen LogP contribution < -0.4 is 0 Å². The molecule has 0 atom stereocenters. The van der Waals surface area contributed by atoms with Crippen LogP contribution in [-0.2, 0) is 0 Å². The molecule has 0 saturated carbocycles. The van der Waals surface area contributed by atoms with Gasteiger partial charge in [0.2, 0.25) is 0 Å². The van der Waals surface area contributed by atoms with E-state index in [2.05, 4.69) is 15.0 Å². The van der Waals surface area contributed by atoms with E-state index in [9.17, 15) is 14.4 Å². The number of carboxylic acid groups (broad SMARTS) is 3. The van der Waals surface area contributed by atoms with Gasteiger partial charge in [-0.2, -0.15) is 0 Å². The second kappa shape index (κ2) is 11.4. The number of aromatic carboxylic acids is 3. The number of carbonyl (C=O) groups is 3. The molecule has 0 bridgehead atoms. The lowest BCUT2D eigenvalue weighted by atomic mass is 10.3. The maximum absolute atomic E-state index is 10.2. The zero-order valence-corrected chi connectivity index (χ0v) is 13.8. The Kier molecular flexibility index (Phi) is 8.84. The van der Waals surface area contributed by atoms with Gasteiger partial charge in [-0.3, -0.25) is 9.97 Å². The molecule has 9 nitrogen and oxygen atoms in total. The third-order valence-electron chi connectivity index (χ3n) is 2.72. The molecule has 0 fully saturated rings. The van der Waals surface area contributed by atoms with E-state index in [-0.39, 0.29) is 16.8 Å². The van der Waals surface area contributed by atoms with E-state index in [1.54, 1.807) is 18.2 Å². The number of hydrogen-bond acceptors (Lipinski definition) is 6. The number of carboxylic acids is 3. The Labute approximate surface area is 153 Å². The molecule has 3 N–H and O–H groups in total. The van der Waals surface area contributed by atoms with Gasteiger partial charge in [0.05, 0.1) is 11.1 Å². The van der Waals surface area contributed by atoms with Crippen LogP contribution in [0.2, 0.25) is 0 Å². The summed E-state index contributed by atoms with van der Waals surface area (Å²) >= 11 is 0. The molecule has 3 aromatic heterocycles. The van der Waals surface area contributed by atoms with E-state index in [1.807, 2.05) is 0 Å². The molecule has 3 heterocycles. The van der Waals surface area contributed by atoms with E-state index in [4.69, 9.17) is 15.3 Å². The third-order valence-corrected chi connectivity index (χ3v) is 2.72. The molecule has 3 rings (SSSR count). The number of pyridine rings is 3. The van der Waals surface area contributed by atoms with Crippen molar-refractivity contribution in [2.45, 2.75) is 0 Å². The molecule has 138 valence electrons. The predicted molar refractivity (Wildman–Crippen MR) is 93.6 cm³/mol. The Hall–Kier alpha value is -4.14. The number of nitrogens with zero attached hydrogens (tertiary/aromatic N) is 3. The number of aromatic nitrogens is 3. The molecular formula is C18H15N3O6. The van der Waals surface area contributed by atoms with Crippen molar-refractivity contribution in [1.29, 1.82) is 0 Å². The second-order valence-corrected chi connectivity index (χ2v) is 4.61. The normalized spacial score (nSPS) is 8.89. The van der Waals surface area contributed by atoms with Crippen molar-refractivity contribution in [3.05, 3.63) is 90.3 Å². The van der Waals surface area contributed by atoms with E-state index in [0.717, 1.165) is 0 Å². The van der Waals surface area contributed by atoms with Gasteiger partial charge in [0.1, 0.15) is 5.69 Å². The maximum atomic E-state index is 10.2. The van der Waals surface area contributed by atoms with Crippen molar-refractivity contribution in [2.24, 2.45) is 0 Å². The van der Waals surface area contributed by atoms with Gasteiger partial charge >= 0.3 is 17.9 Å². The molecule has 27 heavy (non-hydrogen) atoms. The predicted octanol–water partition coefficient (Wildman–Crippen LogP) is 2.34. The number of hydrogen-bond donors (Lipinski definition) is 3. The fourth-order valence-electron chi connectivity index (χ4n) is 1.47. The first kappa shape index (κ1) is 20.9. The fraction of sp³-hybridized carbons (Fsp3) is 0. The largest absolute Gasteiger partial charge is 0.478 e. The van der Waals surface area contributed by atoms with Crippen LogP contribution in [0.15, 0.2) is 73.4 Å². The van der Waals surface area contributed by atoms with Gasteiger partial charge in [-0.1, -0.05) is 6.07 Å². The highest BCUT2D eigenvalue weighted by Gasteiger charge is 1.99. The average Bonchev–Trinajstić information content (AvgIpc) is 2.71. The van der Waals surface area contributed by atoms with Crippen LogP contribution in [-0.4, -0.2) is 48.2 Å². The molecule has 0 aliphatic heterocycles. The van der Waals surface area contributed by atoms with Gasteiger partial charge in [-0.05, 0) is 36.4 Å². The summed E-state index contributed by atoms with van der Waals surface area (Å²) in [5.41, 5.74) is 0.569. The molecule has 0 aliphatic rings. The first-order valence-corrected chi connectivity index (χ1v) is 7.32. The molecular weight excluding hydrogens is 354 g/mol. The highest BCUT2D eigenvalue weighted by atomic mass is 16.4. The second-order valence-electron chi connectivity index (χ2n) is 4.61. The molecule has 3 aromatic rings. The minimum atomic E-state index is -0.990. The summed E-state index contributed by atoms with van der Waals surface area (Å²) in [4.78, 5) is 41.3. The van der Waals surface area contributed by atoms with E-state index >= 15 is 0 Å². The van der Waals surface area contributed by atoms with Gasteiger partial charge in [-0.15, -0.1) is 0 Å². The molecule has 0 saturated heterocycles. The maximum Gasteiger partial charge on any atom is 0.354 e. The lowest BCUT2D eigenvalue weighted by molar-refractivity contribution is 0.0681. The Balaban J connectivity index is 0.000000202. The first-order chi connectivity index (χ1) is 12.9. The first-order valence-electron chi connectivity index (χ1n) is 7.32. The highest BCUT2D eigenvalue weighted by molar-refractivity contribution is 5.87. The van der Waals surface area contributed by atoms with Crippen LogP contribution >= 0.6 is 0 Å². The topological polar surface area (TPSA) is 151 Å². The van der Waals surface area contributed by atoms with E-state index < -0.39 is 17.9 Å². The minimum Gasteiger partial charge on any atom is -0.478 e. The Morgan fingerprint density at radius 3 is 1.63 bits per heavy atom. The van der Waals surface area contributed by atoms with Crippen molar-refractivity contribution < 1.29 is 29.7 Å². The smallest absolute Gasteiger partial charge is 0.354 e. The van der Waals surface area contributed by atoms with Crippen LogP contribution in [0.1, 0.15) is 31.2 Å². The fourth-order valence-corrected chi connectivity index (χ4v) is 1.47. The van der Waals surface area contributed by atoms with Crippen LogP contribution in [0.5, 0.6) is 0 Å².